The van der Waals surface area contributed by atoms with Gasteiger partial charge in [0.15, 0.2) is 0 Å². The van der Waals surface area contributed by atoms with E-state index in [0.29, 0.717) is 30.9 Å². The number of hydrogen-bond acceptors (Lipinski definition) is 3. The lowest BCUT2D eigenvalue weighted by Crippen LogP contribution is -2.31. The molecule has 3 amide bonds. The standard InChI is InChI=1S/C25H31N3O3/c1-3-27(4-2)24(30)17-16-23(29)26-21-14-12-20(13-15-21)25(31)28-18-8-7-10-19-9-5-6-11-22(19)28/h5-6,9,11-15H,3-4,7-8,10,16-18H2,1-2H3,(H,26,29). The van der Waals surface area contributed by atoms with Crippen molar-refractivity contribution in [3.63, 3.8) is 0 Å². The van der Waals surface area contributed by atoms with Gasteiger partial charge in [0, 0.05) is 49.4 Å². The van der Waals surface area contributed by atoms with Crippen LogP contribution in [0.4, 0.5) is 11.4 Å². The number of anilines is 2. The van der Waals surface area contributed by atoms with E-state index < -0.39 is 0 Å². The maximum Gasteiger partial charge on any atom is 0.258 e. The highest BCUT2D eigenvalue weighted by Gasteiger charge is 2.22. The Bertz CT molecular complexity index is 920. The summed E-state index contributed by atoms with van der Waals surface area (Å²) in [6.45, 7) is 5.85. The van der Waals surface area contributed by atoms with E-state index in [0.717, 1.165) is 24.9 Å². The second-order valence-electron chi connectivity index (χ2n) is 7.73. The van der Waals surface area contributed by atoms with Gasteiger partial charge in [-0.15, -0.1) is 0 Å². The lowest BCUT2D eigenvalue weighted by atomic mass is 10.1. The molecule has 164 valence electrons. The van der Waals surface area contributed by atoms with E-state index in [2.05, 4.69) is 11.4 Å². The van der Waals surface area contributed by atoms with Crippen LogP contribution in [-0.4, -0.2) is 42.3 Å². The summed E-state index contributed by atoms with van der Waals surface area (Å²) >= 11 is 0. The van der Waals surface area contributed by atoms with Gasteiger partial charge in [0.05, 0.1) is 0 Å². The van der Waals surface area contributed by atoms with Crippen molar-refractivity contribution in [2.24, 2.45) is 0 Å². The van der Waals surface area contributed by atoms with Crippen LogP contribution in [0.25, 0.3) is 0 Å². The smallest absolute Gasteiger partial charge is 0.258 e. The van der Waals surface area contributed by atoms with Gasteiger partial charge in [0.1, 0.15) is 0 Å². The van der Waals surface area contributed by atoms with Gasteiger partial charge >= 0.3 is 0 Å². The molecule has 0 radical (unpaired) electrons. The van der Waals surface area contributed by atoms with Gasteiger partial charge in [-0.1, -0.05) is 18.2 Å². The van der Waals surface area contributed by atoms with E-state index in [9.17, 15) is 14.4 Å². The number of aryl methyl sites for hydroxylation is 1. The molecule has 0 fully saturated rings. The Morgan fingerprint density at radius 3 is 2.35 bits per heavy atom. The molecule has 0 aromatic heterocycles. The molecule has 0 atom stereocenters. The molecule has 1 aliphatic heterocycles. The summed E-state index contributed by atoms with van der Waals surface area (Å²) in [5, 5.41) is 2.81. The van der Waals surface area contributed by atoms with Crippen molar-refractivity contribution in [1.82, 2.24) is 4.90 Å². The molecule has 0 bridgehead atoms. The summed E-state index contributed by atoms with van der Waals surface area (Å²) < 4.78 is 0. The number of fused-ring (bicyclic) bond motifs is 1. The molecule has 2 aromatic carbocycles. The van der Waals surface area contributed by atoms with Crippen molar-refractivity contribution in [3.8, 4) is 0 Å². The number of hydrogen-bond donors (Lipinski definition) is 1. The number of para-hydroxylation sites is 1. The van der Waals surface area contributed by atoms with Gasteiger partial charge in [-0.2, -0.15) is 0 Å². The van der Waals surface area contributed by atoms with Crippen LogP contribution in [0.2, 0.25) is 0 Å². The maximum absolute atomic E-state index is 13.1. The molecule has 0 spiro atoms. The van der Waals surface area contributed by atoms with E-state index in [4.69, 9.17) is 0 Å². The van der Waals surface area contributed by atoms with E-state index in [1.807, 2.05) is 36.9 Å². The third-order valence-corrected chi connectivity index (χ3v) is 5.70. The average molecular weight is 422 g/mol. The fourth-order valence-electron chi connectivity index (χ4n) is 3.93. The highest BCUT2D eigenvalue weighted by molar-refractivity contribution is 6.07. The first-order valence-electron chi connectivity index (χ1n) is 11.1. The lowest BCUT2D eigenvalue weighted by molar-refractivity contribution is -0.132. The normalized spacial score (nSPS) is 13.2. The van der Waals surface area contributed by atoms with Crippen molar-refractivity contribution >= 4 is 29.1 Å². The Kier molecular flexibility index (Phi) is 7.82. The molecule has 6 nitrogen and oxygen atoms in total. The van der Waals surface area contributed by atoms with Crippen molar-refractivity contribution in [3.05, 3.63) is 59.7 Å². The van der Waals surface area contributed by atoms with Crippen LogP contribution in [0, 0.1) is 0 Å². The molecule has 1 N–H and O–H groups in total. The Morgan fingerprint density at radius 1 is 0.935 bits per heavy atom. The summed E-state index contributed by atoms with van der Waals surface area (Å²) in [7, 11) is 0. The molecule has 1 heterocycles. The third-order valence-electron chi connectivity index (χ3n) is 5.70. The van der Waals surface area contributed by atoms with Gasteiger partial charge in [0.25, 0.3) is 5.91 Å². The molecule has 0 aliphatic carbocycles. The number of amides is 3. The Balaban J connectivity index is 1.61. The van der Waals surface area contributed by atoms with Crippen LogP contribution in [0.3, 0.4) is 0 Å². The van der Waals surface area contributed by atoms with Gasteiger partial charge in [-0.3, -0.25) is 14.4 Å². The molecule has 6 heteroatoms. The van der Waals surface area contributed by atoms with Crippen LogP contribution < -0.4 is 10.2 Å². The molecule has 2 aromatic rings. The minimum absolute atomic E-state index is 0.0150. The fraction of sp³-hybridized carbons (Fsp3) is 0.400. The van der Waals surface area contributed by atoms with Gasteiger partial charge in [-0.25, -0.2) is 0 Å². The fourth-order valence-corrected chi connectivity index (χ4v) is 3.93. The Labute approximate surface area is 184 Å². The number of nitrogens with one attached hydrogen (secondary N) is 1. The zero-order valence-corrected chi connectivity index (χ0v) is 18.4. The summed E-state index contributed by atoms with van der Waals surface area (Å²) in [5.41, 5.74) is 3.40. The van der Waals surface area contributed by atoms with Crippen molar-refractivity contribution in [2.75, 3.05) is 29.9 Å². The average Bonchev–Trinajstić information content (AvgIpc) is 3.01. The van der Waals surface area contributed by atoms with Crippen LogP contribution in [0.1, 0.15) is 55.5 Å². The molecule has 0 saturated heterocycles. The van der Waals surface area contributed by atoms with Gasteiger partial charge < -0.3 is 15.1 Å². The molecule has 3 rings (SSSR count). The zero-order chi connectivity index (χ0) is 22.2. The topological polar surface area (TPSA) is 69.7 Å². The highest BCUT2D eigenvalue weighted by atomic mass is 16.2. The third kappa shape index (κ3) is 5.72. The lowest BCUT2D eigenvalue weighted by Gasteiger charge is -2.23. The number of rotatable bonds is 7. The molecular weight excluding hydrogens is 390 g/mol. The second-order valence-corrected chi connectivity index (χ2v) is 7.73. The monoisotopic (exact) mass is 421 g/mol. The van der Waals surface area contributed by atoms with E-state index in [1.165, 1.54) is 5.56 Å². The van der Waals surface area contributed by atoms with Crippen molar-refractivity contribution in [2.45, 2.75) is 46.0 Å². The molecule has 0 unspecified atom stereocenters. The van der Waals surface area contributed by atoms with Crippen LogP contribution in [-0.2, 0) is 16.0 Å². The number of carbonyl (C=O) groups excluding carboxylic acids is 3. The summed E-state index contributed by atoms with van der Waals surface area (Å²) in [6.07, 6.45) is 3.37. The van der Waals surface area contributed by atoms with Crippen LogP contribution in [0.15, 0.2) is 48.5 Å². The van der Waals surface area contributed by atoms with E-state index in [-0.39, 0.29) is 30.6 Å². The van der Waals surface area contributed by atoms with E-state index in [1.54, 1.807) is 29.2 Å². The Hall–Kier alpha value is -3.15. The summed E-state index contributed by atoms with van der Waals surface area (Å²) in [4.78, 5) is 41.0. The first-order chi connectivity index (χ1) is 15.0. The number of benzene rings is 2. The van der Waals surface area contributed by atoms with E-state index >= 15 is 0 Å². The largest absolute Gasteiger partial charge is 0.343 e. The number of nitrogens with zero attached hydrogens (tertiary/aromatic N) is 2. The summed E-state index contributed by atoms with van der Waals surface area (Å²) in [5.74, 6) is -0.253. The SMILES string of the molecule is CCN(CC)C(=O)CCC(=O)Nc1ccc(C(=O)N2CCCCc3ccccc32)cc1. The highest BCUT2D eigenvalue weighted by Crippen LogP contribution is 2.27. The minimum atomic E-state index is -0.207. The summed E-state index contributed by atoms with van der Waals surface area (Å²) in [6, 6.07) is 15.0. The molecule has 0 saturated carbocycles. The quantitative estimate of drug-likeness (QED) is 0.726. The van der Waals surface area contributed by atoms with Gasteiger partial charge in [0.2, 0.25) is 11.8 Å². The maximum atomic E-state index is 13.1. The molecule has 1 aliphatic rings. The molecule has 31 heavy (non-hydrogen) atoms. The van der Waals surface area contributed by atoms with Crippen molar-refractivity contribution < 1.29 is 14.4 Å². The van der Waals surface area contributed by atoms with Crippen molar-refractivity contribution in [1.29, 1.82) is 0 Å². The predicted octanol–water partition coefficient (Wildman–Crippen LogP) is 4.26. The first kappa shape index (κ1) is 22.5. The van der Waals surface area contributed by atoms with Crippen LogP contribution >= 0.6 is 0 Å². The second kappa shape index (κ2) is 10.8. The number of carbonyl (C=O) groups is 3. The minimum Gasteiger partial charge on any atom is -0.343 e. The zero-order valence-electron chi connectivity index (χ0n) is 18.4. The predicted molar refractivity (Wildman–Crippen MR) is 123 cm³/mol. The first-order valence-corrected chi connectivity index (χ1v) is 11.1. The van der Waals surface area contributed by atoms with Crippen LogP contribution in [0.5, 0.6) is 0 Å². The van der Waals surface area contributed by atoms with Gasteiger partial charge in [-0.05, 0) is 69.0 Å². The molecular formula is C25H31N3O3. The Morgan fingerprint density at radius 2 is 1.65 bits per heavy atom.